The third-order valence-corrected chi connectivity index (χ3v) is 6.63. The van der Waals surface area contributed by atoms with E-state index in [0.29, 0.717) is 22.7 Å². The summed E-state index contributed by atoms with van der Waals surface area (Å²) in [5, 5.41) is 6.81. The number of nitrogens with one attached hydrogen (secondary N) is 2. The van der Waals surface area contributed by atoms with Gasteiger partial charge in [-0.1, -0.05) is 48.5 Å². The second-order valence-electron chi connectivity index (χ2n) is 6.48. The van der Waals surface area contributed by atoms with Crippen molar-refractivity contribution < 1.29 is 9.59 Å². The van der Waals surface area contributed by atoms with Crippen LogP contribution in [-0.4, -0.2) is 11.8 Å². The van der Waals surface area contributed by atoms with Crippen molar-refractivity contribution in [2.45, 2.75) is 6.42 Å². The highest BCUT2D eigenvalue weighted by atomic mass is 79.9. The molecule has 4 aromatic rings. The minimum absolute atomic E-state index is 0.0813. The van der Waals surface area contributed by atoms with E-state index >= 15 is 0 Å². The van der Waals surface area contributed by atoms with Gasteiger partial charge in [0.1, 0.15) is 4.88 Å². The van der Waals surface area contributed by atoms with Gasteiger partial charge in [-0.05, 0) is 51.8 Å². The number of carbonyl (C=O) groups excluding carboxylic acids is 2. The van der Waals surface area contributed by atoms with Crippen molar-refractivity contribution in [3.05, 3.63) is 93.8 Å². The average Bonchev–Trinajstić information content (AvgIpc) is 3.07. The Morgan fingerprint density at radius 3 is 2.10 bits per heavy atom. The molecule has 1 heterocycles. The monoisotopic (exact) mass is 464 g/mol. The molecule has 144 valence electrons. The summed E-state index contributed by atoms with van der Waals surface area (Å²) in [5.41, 5.74) is 2.31. The molecule has 0 radical (unpaired) electrons. The third-order valence-electron chi connectivity index (χ3n) is 4.38. The second-order valence-corrected chi connectivity index (χ2v) is 8.33. The first-order chi connectivity index (χ1) is 14.1. The average molecular weight is 465 g/mol. The predicted molar refractivity (Wildman–Crippen MR) is 123 cm³/mol. The van der Waals surface area contributed by atoms with Crippen molar-refractivity contribution in [3.8, 4) is 0 Å². The van der Waals surface area contributed by atoms with E-state index in [-0.39, 0.29) is 11.8 Å². The summed E-state index contributed by atoms with van der Waals surface area (Å²) < 4.78 is 1.86. The van der Waals surface area contributed by atoms with Crippen LogP contribution in [0.5, 0.6) is 0 Å². The highest BCUT2D eigenvalue weighted by molar-refractivity contribution is 9.10. The molecule has 4 rings (SSSR count). The lowest BCUT2D eigenvalue weighted by Gasteiger charge is -2.08. The number of carbonyl (C=O) groups is 2. The number of thiophene rings is 1. The maximum Gasteiger partial charge on any atom is 0.266 e. The molecule has 0 aliphatic carbocycles. The first kappa shape index (κ1) is 19.4. The summed E-state index contributed by atoms with van der Waals surface area (Å²) in [6.07, 6.45) is 0.319. The Kier molecular flexibility index (Phi) is 5.74. The van der Waals surface area contributed by atoms with E-state index in [1.54, 1.807) is 24.3 Å². The van der Waals surface area contributed by atoms with E-state index in [1.807, 2.05) is 54.6 Å². The molecule has 0 fully saturated rings. The zero-order valence-corrected chi connectivity index (χ0v) is 17.7. The lowest BCUT2D eigenvalue weighted by atomic mass is 10.1. The molecule has 4 nitrogen and oxygen atoms in total. The van der Waals surface area contributed by atoms with Gasteiger partial charge in [-0.25, -0.2) is 0 Å². The van der Waals surface area contributed by atoms with Crippen LogP contribution in [0.2, 0.25) is 0 Å². The highest BCUT2D eigenvalue weighted by Gasteiger charge is 2.16. The number of amides is 2. The van der Waals surface area contributed by atoms with Crippen LogP contribution in [0.1, 0.15) is 15.2 Å². The summed E-state index contributed by atoms with van der Waals surface area (Å²) in [6, 6.07) is 24.6. The zero-order chi connectivity index (χ0) is 20.2. The molecule has 2 amide bonds. The molecule has 0 aliphatic heterocycles. The van der Waals surface area contributed by atoms with Crippen LogP contribution in [0.25, 0.3) is 10.1 Å². The Hall–Kier alpha value is -2.96. The van der Waals surface area contributed by atoms with E-state index in [4.69, 9.17) is 0 Å². The van der Waals surface area contributed by atoms with Gasteiger partial charge in [0.25, 0.3) is 5.91 Å². The van der Waals surface area contributed by atoms with Crippen LogP contribution in [0.4, 0.5) is 11.4 Å². The molecule has 2 N–H and O–H groups in total. The number of hydrogen-bond acceptors (Lipinski definition) is 3. The van der Waals surface area contributed by atoms with Crippen molar-refractivity contribution in [1.82, 2.24) is 0 Å². The number of benzene rings is 3. The van der Waals surface area contributed by atoms with E-state index in [9.17, 15) is 9.59 Å². The number of rotatable bonds is 5. The van der Waals surface area contributed by atoms with E-state index in [0.717, 1.165) is 20.1 Å². The Balaban J connectivity index is 1.40. The summed E-state index contributed by atoms with van der Waals surface area (Å²) in [6.45, 7) is 0. The van der Waals surface area contributed by atoms with Crippen molar-refractivity contribution in [2.24, 2.45) is 0 Å². The fraction of sp³-hybridized carbons (Fsp3) is 0.0435. The normalized spacial score (nSPS) is 10.7. The lowest BCUT2D eigenvalue weighted by molar-refractivity contribution is -0.115. The molecule has 0 unspecified atom stereocenters. The molecule has 0 spiro atoms. The highest BCUT2D eigenvalue weighted by Crippen LogP contribution is 2.35. The standard InChI is InChI=1S/C23H17BrN2O2S/c24-21-18-8-4-5-9-19(18)29-22(21)23(28)26-17-12-10-16(11-13-17)25-20(27)14-15-6-2-1-3-7-15/h1-13H,14H2,(H,25,27)(H,26,28). The molecular weight excluding hydrogens is 448 g/mol. The number of fused-ring (bicyclic) bond motifs is 1. The zero-order valence-electron chi connectivity index (χ0n) is 15.3. The molecule has 0 atom stereocenters. The van der Waals surface area contributed by atoms with Crippen molar-refractivity contribution in [2.75, 3.05) is 10.6 Å². The molecule has 0 saturated carbocycles. The SMILES string of the molecule is O=C(Cc1ccccc1)Nc1ccc(NC(=O)c2sc3ccccc3c2Br)cc1. The van der Waals surface area contributed by atoms with Gasteiger partial charge in [-0.3, -0.25) is 9.59 Å². The van der Waals surface area contributed by atoms with Gasteiger partial charge in [-0.15, -0.1) is 11.3 Å². The van der Waals surface area contributed by atoms with Crippen molar-refractivity contribution >= 4 is 60.5 Å². The van der Waals surface area contributed by atoms with Gasteiger partial charge >= 0.3 is 0 Å². The van der Waals surface area contributed by atoms with Crippen molar-refractivity contribution in [3.63, 3.8) is 0 Å². The minimum Gasteiger partial charge on any atom is -0.326 e. The fourth-order valence-corrected chi connectivity index (χ4v) is 4.86. The van der Waals surface area contributed by atoms with Crippen LogP contribution < -0.4 is 10.6 Å². The van der Waals surface area contributed by atoms with Gasteiger partial charge in [0.05, 0.1) is 6.42 Å². The van der Waals surface area contributed by atoms with Crippen LogP contribution in [0.3, 0.4) is 0 Å². The third kappa shape index (κ3) is 4.55. The maximum absolute atomic E-state index is 12.7. The molecule has 6 heteroatoms. The summed E-state index contributed by atoms with van der Waals surface area (Å²) >= 11 is 4.98. The van der Waals surface area contributed by atoms with Crippen LogP contribution in [-0.2, 0) is 11.2 Å². The summed E-state index contributed by atoms with van der Waals surface area (Å²) in [4.78, 5) is 25.5. The molecule has 29 heavy (non-hydrogen) atoms. The largest absolute Gasteiger partial charge is 0.326 e. The molecule has 0 bridgehead atoms. The molecule has 0 aliphatic rings. The van der Waals surface area contributed by atoms with E-state index < -0.39 is 0 Å². The Morgan fingerprint density at radius 2 is 1.41 bits per heavy atom. The van der Waals surface area contributed by atoms with E-state index in [2.05, 4.69) is 26.6 Å². The number of halogens is 1. The lowest BCUT2D eigenvalue weighted by Crippen LogP contribution is -2.14. The van der Waals surface area contributed by atoms with Crippen LogP contribution in [0, 0.1) is 0 Å². The van der Waals surface area contributed by atoms with Gasteiger partial charge in [-0.2, -0.15) is 0 Å². The Morgan fingerprint density at radius 1 is 0.793 bits per heavy atom. The Bertz CT molecular complexity index is 1170. The van der Waals surface area contributed by atoms with Crippen LogP contribution in [0.15, 0.2) is 83.3 Å². The summed E-state index contributed by atoms with van der Waals surface area (Å²) in [5.74, 6) is -0.249. The number of anilines is 2. The molecular formula is C23H17BrN2O2S. The van der Waals surface area contributed by atoms with Crippen LogP contribution >= 0.6 is 27.3 Å². The smallest absolute Gasteiger partial charge is 0.266 e. The number of hydrogen-bond donors (Lipinski definition) is 2. The summed E-state index contributed by atoms with van der Waals surface area (Å²) in [7, 11) is 0. The molecule has 0 saturated heterocycles. The molecule has 1 aromatic heterocycles. The van der Waals surface area contributed by atoms with Gasteiger partial charge < -0.3 is 10.6 Å². The topological polar surface area (TPSA) is 58.2 Å². The van der Waals surface area contributed by atoms with Gasteiger partial charge in [0, 0.05) is 25.9 Å². The second kappa shape index (κ2) is 8.59. The first-order valence-corrected chi connectivity index (χ1v) is 10.6. The van der Waals surface area contributed by atoms with Crippen molar-refractivity contribution in [1.29, 1.82) is 0 Å². The Labute approximate surface area is 180 Å². The predicted octanol–water partition coefficient (Wildman–Crippen LogP) is 6.10. The quantitative estimate of drug-likeness (QED) is 0.374. The molecule has 3 aromatic carbocycles. The van der Waals surface area contributed by atoms with Gasteiger partial charge in [0.15, 0.2) is 0 Å². The van der Waals surface area contributed by atoms with E-state index in [1.165, 1.54) is 11.3 Å². The fourth-order valence-electron chi connectivity index (χ4n) is 2.97. The minimum atomic E-state index is -0.168. The maximum atomic E-state index is 12.7. The first-order valence-electron chi connectivity index (χ1n) is 9.02. The van der Waals surface area contributed by atoms with Gasteiger partial charge in [0.2, 0.25) is 5.91 Å².